The Kier molecular flexibility index (Phi) is 3.33. The number of carboxylic acid groups (broad SMARTS) is 1. The van der Waals surface area contributed by atoms with Crippen molar-refractivity contribution in [1.29, 1.82) is 0 Å². The molecule has 0 saturated heterocycles. The largest absolute Gasteiger partial charge is 0.480 e. The molecule has 1 atom stereocenters. The Hall–Kier alpha value is -1.98. The van der Waals surface area contributed by atoms with Crippen LogP contribution in [0, 0.1) is 6.92 Å². The van der Waals surface area contributed by atoms with Gasteiger partial charge >= 0.3 is 5.97 Å². The highest BCUT2D eigenvalue weighted by molar-refractivity contribution is 5.94. The lowest BCUT2D eigenvalue weighted by atomic mass is 10.3. The molecule has 1 heterocycles. The van der Waals surface area contributed by atoms with Crippen molar-refractivity contribution in [2.45, 2.75) is 19.9 Å². The molecule has 1 aromatic rings. The molecule has 0 aliphatic heterocycles. The predicted octanol–water partition coefficient (Wildman–Crippen LogP) is -0.0121. The first-order chi connectivity index (χ1) is 7.00. The number of hydrogen-bond acceptors (Lipinski definition) is 4. The van der Waals surface area contributed by atoms with Gasteiger partial charge in [-0.1, -0.05) is 0 Å². The van der Waals surface area contributed by atoms with Gasteiger partial charge in [0.1, 0.15) is 11.7 Å². The summed E-state index contributed by atoms with van der Waals surface area (Å²) in [4.78, 5) is 29.6. The second-order valence-corrected chi connectivity index (χ2v) is 3.08. The summed E-state index contributed by atoms with van der Waals surface area (Å²) < 4.78 is 0. The van der Waals surface area contributed by atoms with E-state index in [1.165, 1.54) is 19.3 Å². The van der Waals surface area contributed by atoms with Gasteiger partial charge in [-0.2, -0.15) is 0 Å². The molecule has 0 radical (unpaired) electrons. The van der Waals surface area contributed by atoms with Crippen LogP contribution < -0.4 is 5.32 Å². The maximum absolute atomic E-state index is 11.4. The third kappa shape index (κ3) is 3.01. The van der Waals surface area contributed by atoms with Gasteiger partial charge in [0.2, 0.25) is 0 Å². The summed E-state index contributed by atoms with van der Waals surface area (Å²) in [7, 11) is 0. The van der Waals surface area contributed by atoms with E-state index in [0.717, 1.165) is 0 Å². The Balaban J connectivity index is 2.69. The SMILES string of the molecule is Cc1cnc(C(=O)N[C@H](C)C(=O)O)cn1. The van der Waals surface area contributed by atoms with Crippen LogP contribution in [0.1, 0.15) is 23.1 Å². The van der Waals surface area contributed by atoms with Crippen molar-refractivity contribution in [3.63, 3.8) is 0 Å². The molecule has 0 fully saturated rings. The fourth-order valence-corrected chi connectivity index (χ4v) is 0.842. The molecule has 0 aliphatic rings. The zero-order chi connectivity index (χ0) is 11.4. The van der Waals surface area contributed by atoms with E-state index in [-0.39, 0.29) is 5.69 Å². The van der Waals surface area contributed by atoms with Gasteiger partial charge < -0.3 is 10.4 Å². The summed E-state index contributed by atoms with van der Waals surface area (Å²) in [6, 6.07) is -0.944. The third-order valence-electron chi connectivity index (χ3n) is 1.73. The van der Waals surface area contributed by atoms with Crippen LogP contribution in [0.3, 0.4) is 0 Å². The van der Waals surface area contributed by atoms with E-state index in [4.69, 9.17) is 5.11 Å². The molecule has 1 aromatic heterocycles. The van der Waals surface area contributed by atoms with Gasteiger partial charge in [-0.05, 0) is 13.8 Å². The molecule has 6 nitrogen and oxygen atoms in total. The Labute approximate surface area is 86.4 Å². The van der Waals surface area contributed by atoms with Crippen LogP contribution in [0.2, 0.25) is 0 Å². The Morgan fingerprint density at radius 3 is 2.53 bits per heavy atom. The molecule has 6 heteroatoms. The van der Waals surface area contributed by atoms with Crippen molar-refractivity contribution in [2.24, 2.45) is 0 Å². The monoisotopic (exact) mass is 209 g/mol. The Morgan fingerprint density at radius 1 is 1.40 bits per heavy atom. The molecular formula is C9H11N3O3. The first kappa shape index (κ1) is 11.1. The van der Waals surface area contributed by atoms with E-state index >= 15 is 0 Å². The molecular weight excluding hydrogens is 198 g/mol. The molecule has 0 aliphatic carbocycles. The number of rotatable bonds is 3. The van der Waals surface area contributed by atoms with E-state index in [2.05, 4.69) is 15.3 Å². The fourth-order valence-electron chi connectivity index (χ4n) is 0.842. The standard InChI is InChI=1S/C9H11N3O3/c1-5-3-11-7(4-10-5)8(13)12-6(2)9(14)15/h3-4,6H,1-2H3,(H,12,13)(H,14,15)/t6-/m1/s1. The normalized spacial score (nSPS) is 11.9. The topological polar surface area (TPSA) is 92.2 Å². The Bertz CT molecular complexity index is 375. The average Bonchev–Trinajstić information content (AvgIpc) is 2.18. The molecule has 80 valence electrons. The lowest BCUT2D eigenvalue weighted by Crippen LogP contribution is -2.38. The van der Waals surface area contributed by atoms with Crippen LogP contribution in [-0.4, -0.2) is 33.0 Å². The van der Waals surface area contributed by atoms with E-state index in [1.54, 1.807) is 6.92 Å². The van der Waals surface area contributed by atoms with Crippen molar-refractivity contribution in [1.82, 2.24) is 15.3 Å². The third-order valence-corrected chi connectivity index (χ3v) is 1.73. The molecule has 1 rings (SSSR count). The zero-order valence-electron chi connectivity index (χ0n) is 8.39. The summed E-state index contributed by atoms with van der Waals surface area (Å²) in [6.07, 6.45) is 2.75. The highest BCUT2D eigenvalue weighted by atomic mass is 16.4. The molecule has 2 N–H and O–H groups in total. The van der Waals surface area contributed by atoms with E-state index < -0.39 is 17.9 Å². The lowest BCUT2D eigenvalue weighted by Gasteiger charge is -2.07. The second-order valence-electron chi connectivity index (χ2n) is 3.08. The number of aryl methyl sites for hydroxylation is 1. The van der Waals surface area contributed by atoms with Crippen molar-refractivity contribution >= 4 is 11.9 Å². The highest BCUT2D eigenvalue weighted by Gasteiger charge is 2.15. The van der Waals surface area contributed by atoms with Gasteiger partial charge in [0.15, 0.2) is 0 Å². The number of nitrogens with zero attached hydrogens (tertiary/aromatic N) is 2. The summed E-state index contributed by atoms with van der Waals surface area (Å²) in [5.74, 6) is -1.64. The first-order valence-corrected chi connectivity index (χ1v) is 4.33. The van der Waals surface area contributed by atoms with Crippen LogP contribution in [-0.2, 0) is 4.79 Å². The molecule has 15 heavy (non-hydrogen) atoms. The number of aliphatic carboxylic acids is 1. The number of carbonyl (C=O) groups is 2. The van der Waals surface area contributed by atoms with Gasteiger partial charge in [0.05, 0.1) is 11.9 Å². The van der Waals surface area contributed by atoms with Gasteiger partial charge in [-0.25, -0.2) is 4.98 Å². The van der Waals surface area contributed by atoms with Crippen molar-refractivity contribution in [2.75, 3.05) is 0 Å². The highest BCUT2D eigenvalue weighted by Crippen LogP contribution is 1.95. The van der Waals surface area contributed by atoms with Crippen molar-refractivity contribution in [3.05, 3.63) is 23.8 Å². The number of aromatic nitrogens is 2. The second kappa shape index (κ2) is 4.50. The minimum Gasteiger partial charge on any atom is -0.480 e. The summed E-state index contributed by atoms with van der Waals surface area (Å²) >= 11 is 0. The molecule has 0 aromatic carbocycles. The molecule has 0 unspecified atom stereocenters. The van der Waals surface area contributed by atoms with Crippen LogP contribution in [0.15, 0.2) is 12.4 Å². The molecule has 0 bridgehead atoms. The molecule has 0 saturated carbocycles. The van der Waals surface area contributed by atoms with Gasteiger partial charge in [0, 0.05) is 6.20 Å². The van der Waals surface area contributed by atoms with E-state index in [9.17, 15) is 9.59 Å². The predicted molar refractivity (Wildman–Crippen MR) is 51.3 cm³/mol. The van der Waals surface area contributed by atoms with Crippen LogP contribution in [0.5, 0.6) is 0 Å². The zero-order valence-corrected chi connectivity index (χ0v) is 8.39. The van der Waals surface area contributed by atoms with Crippen LogP contribution in [0.4, 0.5) is 0 Å². The van der Waals surface area contributed by atoms with E-state index in [1.807, 2.05) is 0 Å². The molecule has 1 amide bonds. The average molecular weight is 209 g/mol. The summed E-state index contributed by atoms with van der Waals surface area (Å²) in [5.41, 5.74) is 0.798. The van der Waals surface area contributed by atoms with Gasteiger partial charge in [0.25, 0.3) is 5.91 Å². The van der Waals surface area contributed by atoms with Gasteiger partial charge in [-0.3, -0.25) is 14.6 Å². The number of carbonyl (C=O) groups excluding carboxylic acids is 1. The number of nitrogens with one attached hydrogen (secondary N) is 1. The summed E-state index contributed by atoms with van der Waals surface area (Å²) in [5, 5.41) is 10.8. The first-order valence-electron chi connectivity index (χ1n) is 4.33. The molecule has 0 spiro atoms. The number of carboxylic acids is 1. The lowest BCUT2D eigenvalue weighted by molar-refractivity contribution is -0.138. The van der Waals surface area contributed by atoms with E-state index in [0.29, 0.717) is 5.69 Å². The maximum Gasteiger partial charge on any atom is 0.325 e. The number of amides is 1. The van der Waals surface area contributed by atoms with Gasteiger partial charge in [-0.15, -0.1) is 0 Å². The minimum atomic E-state index is -1.09. The minimum absolute atomic E-state index is 0.105. The summed E-state index contributed by atoms with van der Waals surface area (Å²) in [6.45, 7) is 3.12. The van der Waals surface area contributed by atoms with Crippen LogP contribution in [0.25, 0.3) is 0 Å². The van der Waals surface area contributed by atoms with Crippen molar-refractivity contribution < 1.29 is 14.7 Å². The Morgan fingerprint density at radius 2 is 2.07 bits per heavy atom. The van der Waals surface area contributed by atoms with Crippen molar-refractivity contribution in [3.8, 4) is 0 Å². The maximum atomic E-state index is 11.4. The quantitative estimate of drug-likeness (QED) is 0.730. The smallest absolute Gasteiger partial charge is 0.325 e. The number of hydrogen-bond donors (Lipinski definition) is 2. The fraction of sp³-hybridized carbons (Fsp3) is 0.333. The van der Waals surface area contributed by atoms with Crippen LogP contribution >= 0.6 is 0 Å².